The number of hydrogen-bond acceptors (Lipinski definition) is 5. The lowest BCUT2D eigenvalue weighted by Gasteiger charge is -2.13. The Kier molecular flexibility index (Phi) is 5.43. The van der Waals surface area contributed by atoms with Gasteiger partial charge in [0.1, 0.15) is 0 Å². The summed E-state index contributed by atoms with van der Waals surface area (Å²) in [5.74, 6) is 0.404. The van der Waals surface area contributed by atoms with Gasteiger partial charge in [0.2, 0.25) is 0 Å². The van der Waals surface area contributed by atoms with Crippen molar-refractivity contribution in [3.05, 3.63) is 17.0 Å². The Morgan fingerprint density at radius 2 is 2.04 bits per heavy atom. The SMILES string of the molecule is Cc1nn([C@H]2CCS(=O)(=O)C2)c(C)c1/C=N\NC(=S)NC1CCCC1. The minimum atomic E-state index is -2.94. The second-order valence-electron chi connectivity index (χ2n) is 6.91. The average molecular weight is 384 g/mol. The van der Waals surface area contributed by atoms with Crippen LogP contribution >= 0.6 is 12.2 Å². The van der Waals surface area contributed by atoms with E-state index in [1.54, 1.807) is 6.21 Å². The summed E-state index contributed by atoms with van der Waals surface area (Å²) in [6, 6.07) is 0.370. The van der Waals surface area contributed by atoms with E-state index in [1.165, 1.54) is 12.8 Å². The van der Waals surface area contributed by atoms with Crippen molar-refractivity contribution < 1.29 is 8.42 Å². The minimum absolute atomic E-state index is 0.0797. The lowest BCUT2D eigenvalue weighted by molar-refractivity contribution is 0.486. The van der Waals surface area contributed by atoms with Crippen LogP contribution in [0.4, 0.5) is 0 Å². The summed E-state index contributed by atoms with van der Waals surface area (Å²) in [5, 5.41) is 12.6. The van der Waals surface area contributed by atoms with E-state index in [0.29, 0.717) is 17.6 Å². The number of aromatic nitrogens is 2. The van der Waals surface area contributed by atoms with Crippen LogP contribution in [0.3, 0.4) is 0 Å². The molecule has 2 N–H and O–H groups in total. The largest absolute Gasteiger partial charge is 0.359 e. The first kappa shape index (κ1) is 18.3. The maximum atomic E-state index is 11.7. The van der Waals surface area contributed by atoms with Crippen LogP contribution in [0.15, 0.2) is 5.10 Å². The number of nitrogens with zero attached hydrogens (tertiary/aromatic N) is 3. The number of nitrogens with one attached hydrogen (secondary N) is 2. The van der Waals surface area contributed by atoms with Gasteiger partial charge in [-0.05, 0) is 45.3 Å². The van der Waals surface area contributed by atoms with Gasteiger partial charge >= 0.3 is 0 Å². The van der Waals surface area contributed by atoms with Gasteiger partial charge in [-0.2, -0.15) is 10.2 Å². The number of hydrazone groups is 1. The van der Waals surface area contributed by atoms with Gasteiger partial charge in [-0.3, -0.25) is 10.1 Å². The van der Waals surface area contributed by atoms with Crippen molar-refractivity contribution >= 4 is 33.4 Å². The van der Waals surface area contributed by atoms with Crippen LogP contribution in [0.2, 0.25) is 0 Å². The Morgan fingerprint density at radius 3 is 2.68 bits per heavy atom. The van der Waals surface area contributed by atoms with Crippen LogP contribution in [-0.4, -0.2) is 47.1 Å². The van der Waals surface area contributed by atoms with E-state index >= 15 is 0 Å². The molecule has 2 fully saturated rings. The first-order valence-corrected chi connectivity index (χ1v) is 10.9. The Morgan fingerprint density at radius 1 is 1.32 bits per heavy atom. The molecule has 0 unspecified atom stereocenters. The Bertz CT molecular complexity index is 779. The number of sulfone groups is 1. The standard InChI is InChI=1S/C16H25N5O2S2/c1-11-15(9-17-19-16(24)18-13-5-3-4-6-13)12(2)21(20-11)14-7-8-25(22,23)10-14/h9,13-14H,3-8,10H2,1-2H3,(H2,18,19,24)/b17-9-/t14-/m0/s1. The number of rotatable bonds is 4. The van der Waals surface area contributed by atoms with Crippen LogP contribution in [0.1, 0.15) is 55.1 Å². The molecule has 1 saturated heterocycles. The van der Waals surface area contributed by atoms with Crippen molar-refractivity contribution in [2.24, 2.45) is 5.10 Å². The summed E-state index contributed by atoms with van der Waals surface area (Å²) < 4.78 is 25.2. The van der Waals surface area contributed by atoms with Crippen LogP contribution in [0, 0.1) is 13.8 Å². The maximum absolute atomic E-state index is 11.7. The molecule has 1 aliphatic heterocycles. The van der Waals surface area contributed by atoms with Crippen molar-refractivity contribution in [2.45, 2.75) is 58.0 Å². The zero-order chi connectivity index (χ0) is 18.0. The molecule has 1 aromatic rings. The van der Waals surface area contributed by atoms with Crippen molar-refractivity contribution in [3.8, 4) is 0 Å². The molecule has 0 aromatic carbocycles. The van der Waals surface area contributed by atoms with Gasteiger partial charge in [-0.1, -0.05) is 12.8 Å². The van der Waals surface area contributed by atoms with Crippen molar-refractivity contribution in [1.29, 1.82) is 0 Å². The Hall–Kier alpha value is -1.48. The highest BCUT2D eigenvalue weighted by molar-refractivity contribution is 7.91. The van der Waals surface area contributed by atoms with E-state index in [2.05, 4.69) is 20.9 Å². The van der Waals surface area contributed by atoms with Crippen molar-refractivity contribution in [1.82, 2.24) is 20.5 Å². The molecule has 7 nitrogen and oxygen atoms in total. The Labute approximate surface area is 154 Å². The van der Waals surface area contributed by atoms with Gasteiger partial charge in [-0.15, -0.1) is 0 Å². The molecule has 0 spiro atoms. The molecule has 1 aliphatic carbocycles. The molecule has 0 bridgehead atoms. The minimum Gasteiger partial charge on any atom is -0.359 e. The average Bonchev–Trinajstić information content (AvgIpc) is 3.23. The maximum Gasteiger partial charge on any atom is 0.187 e. The quantitative estimate of drug-likeness (QED) is 0.466. The van der Waals surface area contributed by atoms with Crippen molar-refractivity contribution in [3.63, 3.8) is 0 Å². The van der Waals surface area contributed by atoms with Crippen LogP contribution < -0.4 is 10.7 Å². The normalized spacial score (nSPS) is 23.4. The van der Waals surface area contributed by atoms with Gasteiger partial charge in [-0.25, -0.2) is 8.42 Å². The second-order valence-corrected chi connectivity index (χ2v) is 9.55. The molecule has 2 aliphatic rings. The molecule has 1 aromatic heterocycles. The monoisotopic (exact) mass is 383 g/mol. The summed E-state index contributed by atoms with van der Waals surface area (Å²) in [6.45, 7) is 3.85. The second kappa shape index (κ2) is 7.41. The summed E-state index contributed by atoms with van der Waals surface area (Å²) in [7, 11) is -2.94. The third-order valence-electron chi connectivity index (χ3n) is 4.99. The predicted octanol–water partition coefficient (Wildman–Crippen LogP) is 1.60. The molecular weight excluding hydrogens is 358 g/mol. The molecule has 138 valence electrons. The third kappa shape index (κ3) is 4.38. The smallest absolute Gasteiger partial charge is 0.187 e. The summed E-state index contributed by atoms with van der Waals surface area (Å²) in [6.07, 6.45) is 7.13. The lowest BCUT2D eigenvalue weighted by atomic mass is 10.2. The first-order valence-electron chi connectivity index (χ1n) is 8.71. The van der Waals surface area contributed by atoms with E-state index in [0.717, 1.165) is 29.8 Å². The fourth-order valence-electron chi connectivity index (χ4n) is 3.63. The van der Waals surface area contributed by atoms with Gasteiger partial charge < -0.3 is 5.32 Å². The number of hydrogen-bond donors (Lipinski definition) is 2. The molecule has 25 heavy (non-hydrogen) atoms. The van der Waals surface area contributed by atoms with Gasteiger partial charge in [0.05, 0.1) is 29.5 Å². The summed E-state index contributed by atoms with van der Waals surface area (Å²) in [5.41, 5.74) is 5.53. The van der Waals surface area contributed by atoms with E-state index < -0.39 is 9.84 Å². The molecule has 0 radical (unpaired) electrons. The molecule has 0 amide bonds. The van der Waals surface area contributed by atoms with Gasteiger partial charge in [0.25, 0.3) is 0 Å². The third-order valence-corrected chi connectivity index (χ3v) is 6.94. The van der Waals surface area contributed by atoms with Crippen LogP contribution in [0.25, 0.3) is 0 Å². The predicted molar refractivity (Wildman–Crippen MR) is 103 cm³/mol. The molecule has 9 heteroatoms. The van der Waals surface area contributed by atoms with Gasteiger partial charge in [0.15, 0.2) is 14.9 Å². The fraction of sp³-hybridized carbons (Fsp3) is 0.688. The first-order chi connectivity index (χ1) is 11.9. The Balaban J connectivity index is 1.63. The van der Waals surface area contributed by atoms with E-state index in [4.69, 9.17) is 12.2 Å². The molecule has 1 saturated carbocycles. The van der Waals surface area contributed by atoms with Crippen LogP contribution in [0.5, 0.6) is 0 Å². The van der Waals surface area contributed by atoms with Gasteiger partial charge in [0, 0.05) is 17.3 Å². The topological polar surface area (TPSA) is 88.4 Å². The molecule has 1 atom stereocenters. The number of thiocarbonyl (C=S) groups is 1. The highest BCUT2D eigenvalue weighted by Crippen LogP contribution is 2.26. The highest BCUT2D eigenvalue weighted by Gasteiger charge is 2.31. The van der Waals surface area contributed by atoms with E-state index in [-0.39, 0.29) is 17.5 Å². The molecule has 2 heterocycles. The van der Waals surface area contributed by atoms with Crippen LogP contribution in [-0.2, 0) is 9.84 Å². The summed E-state index contributed by atoms with van der Waals surface area (Å²) in [4.78, 5) is 0. The van der Waals surface area contributed by atoms with E-state index in [9.17, 15) is 8.42 Å². The van der Waals surface area contributed by atoms with E-state index in [1.807, 2.05) is 18.5 Å². The highest BCUT2D eigenvalue weighted by atomic mass is 32.2. The zero-order valence-electron chi connectivity index (χ0n) is 14.7. The zero-order valence-corrected chi connectivity index (χ0v) is 16.3. The summed E-state index contributed by atoms with van der Waals surface area (Å²) >= 11 is 5.27. The molecule has 3 rings (SSSR count). The molecular formula is C16H25N5O2S2. The van der Waals surface area contributed by atoms with Crippen molar-refractivity contribution in [2.75, 3.05) is 11.5 Å². The lowest BCUT2D eigenvalue weighted by Crippen LogP contribution is -2.38. The number of aryl methyl sites for hydroxylation is 1. The fourth-order valence-corrected chi connectivity index (χ4v) is 5.54.